The van der Waals surface area contributed by atoms with E-state index in [1.807, 2.05) is 18.2 Å². The predicted octanol–water partition coefficient (Wildman–Crippen LogP) is 2.32. The largest absolute Gasteiger partial charge is 0.399 e. The Kier molecular flexibility index (Phi) is 2.76. The first-order chi connectivity index (χ1) is 8.75. The SMILES string of the molecule is Nc1ccc2c(c1)N(C(=O)c1cscn1)CCC2. The van der Waals surface area contributed by atoms with E-state index in [9.17, 15) is 4.79 Å². The number of carbonyl (C=O) groups excluding carboxylic acids is 1. The molecular formula is C13H13N3OS. The molecule has 0 aliphatic carbocycles. The van der Waals surface area contributed by atoms with Gasteiger partial charge >= 0.3 is 0 Å². The van der Waals surface area contributed by atoms with Gasteiger partial charge in [-0.25, -0.2) is 4.98 Å². The predicted molar refractivity (Wildman–Crippen MR) is 73.0 cm³/mol. The van der Waals surface area contributed by atoms with E-state index in [0.717, 1.165) is 25.1 Å². The van der Waals surface area contributed by atoms with Gasteiger partial charge in [0.05, 0.1) is 5.51 Å². The van der Waals surface area contributed by atoms with Crippen molar-refractivity contribution in [1.29, 1.82) is 0 Å². The number of thiazole rings is 1. The third kappa shape index (κ3) is 1.86. The van der Waals surface area contributed by atoms with Gasteiger partial charge in [0.15, 0.2) is 0 Å². The first-order valence-corrected chi connectivity index (χ1v) is 6.78. The molecule has 0 radical (unpaired) electrons. The molecular weight excluding hydrogens is 246 g/mol. The minimum Gasteiger partial charge on any atom is -0.399 e. The Bertz CT molecular complexity index is 580. The highest BCUT2D eigenvalue weighted by molar-refractivity contribution is 7.07. The monoisotopic (exact) mass is 259 g/mol. The van der Waals surface area contributed by atoms with Crippen LogP contribution in [0, 0.1) is 0 Å². The molecule has 0 unspecified atom stereocenters. The van der Waals surface area contributed by atoms with Gasteiger partial charge in [-0.3, -0.25) is 4.79 Å². The number of benzene rings is 1. The summed E-state index contributed by atoms with van der Waals surface area (Å²) < 4.78 is 0. The molecule has 1 aliphatic heterocycles. The van der Waals surface area contributed by atoms with Gasteiger partial charge in [-0.05, 0) is 30.5 Å². The van der Waals surface area contributed by atoms with Crippen LogP contribution in [0.3, 0.4) is 0 Å². The normalized spacial score (nSPS) is 14.3. The number of nitrogens with two attached hydrogens (primary N) is 1. The number of amides is 1. The Morgan fingerprint density at radius 1 is 1.44 bits per heavy atom. The van der Waals surface area contributed by atoms with Crippen molar-refractivity contribution in [1.82, 2.24) is 4.98 Å². The summed E-state index contributed by atoms with van der Waals surface area (Å²) in [6.07, 6.45) is 1.98. The molecule has 0 saturated heterocycles. The van der Waals surface area contributed by atoms with Crippen molar-refractivity contribution in [2.24, 2.45) is 0 Å². The van der Waals surface area contributed by atoms with E-state index in [1.54, 1.807) is 15.8 Å². The van der Waals surface area contributed by atoms with E-state index in [-0.39, 0.29) is 5.91 Å². The van der Waals surface area contributed by atoms with E-state index < -0.39 is 0 Å². The van der Waals surface area contributed by atoms with Crippen LogP contribution in [-0.2, 0) is 6.42 Å². The average molecular weight is 259 g/mol. The van der Waals surface area contributed by atoms with Crippen molar-refractivity contribution in [3.05, 3.63) is 40.3 Å². The molecule has 0 saturated carbocycles. The molecule has 1 aliphatic rings. The van der Waals surface area contributed by atoms with E-state index in [0.29, 0.717) is 11.4 Å². The zero-order valence-electron chi connectivity index (χ0n) is 9.80. The van der Waals surface area contributed by atoms with Gasteiger partial charge in [0.2, 0.25) is 0 Å². The fourth-order valence-electron chi connectivity index (χ4n) is 2.26. The lowest BCUT2D eigenvalue weighted by Crippen LogP contribution is -2.35. The minimum atomic E-state index is -0.0391. The smallest absolute Gasteiger partial charge is 0.277 e. The van der Waals surface area contributed by atoms with E-state index in [1.165, 1.54) is 16.9 Å². The Labute approximate surface area is 109 Å². The summed E-state index contributed by atoms with van der Waals surface area (Å²) in [4.78, 5) is 18.2. The van der Waals surface area contributed by atoms with Gasteiger partial charge in [0, 0.05) is 23.3 Å². The molecule has 0 fully saturated rings. The summed E-state index contributed by atoms with van der Waals surface area (Å²) in [6, 6.07) is 5.76. The van der Waals surface area contributed by atoms with Crippen LogP contribution in [0.2, 0.25) is 0 Å². The van der Waals surface area contributed by atoms with Crippen molar-refractivity contribution in [3.63, 3.8) is 0 Å². The van der Waals surface area contributed by atoms with Crippen molar-refractivity contribution >= 4 is 28.6 Å². The lowest BCUT2D eigenvalue weighted by Gasteiger charge is -2.29. The maximum absolute atomic E-state index is 12.4. The summed E-state index contributed by atoms with van der Waals surface area (Å²) in [5.74, 6) is -0.0391. The second-order valence-corrected chi connectivity index (χ2v) is 5.04. The third-order valence-electron chi connectivity index (χ3n) is 3.12. The molecule has 92 valence electrons. The number of rotatable bonds is 1. The summed E-state index contributed by atoms with van der Waals surface area (Å²) in [5, 5.41) is 1.78. The number of carbonyl (C=O) groups is 1. The molecule has 0 spiro atoms. The molecule has 4 nitrogen and oxygen atoms in total. The Morgan fingerprint density at radius 2 is 2.33 bits per heavy atom. The first-order valence-electron chi connectivity index (χ1n) is 5.84. The van der Waals surface area contributed by atoms with E-state index in [2.05, 4.69) is 4.98 Å². The fourth-order valence-corrected chi connectivity index (χ4v) is 2.78. The van der Waals surface area contributed by atoms with Crippen LogP contribution in [0.5, 0.6) is 0 Å². The van der Waals surface area contributed by atoms with Crippen LogP contribution in [0.25, 0.3) is 0 Å². The lowest BCUT2D eigenvalue weighted by molar-refractivity contribution is 0.0981. The second-order valence-electron chi connectivity index (χ2n) is 4.32. The van der Waals surface area contributed by atoms with Crippen molar-refractivity contribution in [3.8, 4) is 0 Å². The number of anilines is 2. The van der Waals surface area contributed by atoms with Crippen molar-refractivity contribution in [2.75, 3.05) is 17.2 Å². The number of nitrogens with zero attached hydrogens (tertiary/aromatic N) is 2. The highest BCUT2D eigenvalue weighted by Crippen LogP contribution is 2.30. The second kappa shape index (κ2) is 4.42. The maximum atomic E-state index is 12.4. The van der Waals surface area contributed by atoms with Crippen LogP contribution in [0.4, 0.5) is 11.4 Å². The molecule has 1 aromatic heterocycles. The zero-order chi connectivity index (χ0) is 12.5. The summed E-state index contributed by atoms with van der Waals surface area (Å²) in [5.41, 5.74) is 10.8. The number of aromatic nitrogens is 1. The number of nitrogen functional groups attached to an aromatic ring is 1. The molecule has 0 atom stereocenters. The topological polar surface area (TPSA) is 59.2 Å². The lowest BCUT2D eigenvalue weighted by atomic mass is 10.0. The fraction of sp³-hybridized carbons (Fsp3) is 0.231. The first kappa shape index (κ1) is 11.2. The average Bonchev–Trinajstić information content (AvgIpc) is 2.91. The molecule has 5 heteroatoms. The molecule has 1 amide bonds. The van der Waals surface area contributed by atoms with E-state index in [4.69, 9.17) is 5.73 Å². The van der Waals surface area contributed by atoms with Crippen molar-refractivity contribution in [2.45, 2.75) is 12.8 Å². The van der Waals surface area contributed by atoms with Gasteiger partial charge in [-0.1, -0.05) is 6.07 Å². The molecule has 1 aromatic carbocycles. The van der Waals surface area contributed by atoms with Crippen LogP contribution in [0.1, 0.15) is 22.5 Å². The summed E-state index contributed by atoms with van der Waals surface area (Å²) in [6.45, 7) is 0.729. The zero-order valence-corrected chi connectivity index (χ0v) is 10.6. The van der Waals surface area contributed by atoms with Gasteiger partial charge in [-0.2, -0.15) is 0 Å². The van der Waals surface area contributed by atoms with Crippen LogP contribution >= 0.6 is 11.3 Å². The Balaban J connectivity index is 2.01. The third-order valence-corrected chi connectivity index (χ3v) is 3.71. The molecule has 2 aromatic rings. The standard InChI is InChI=1S/C13H13N3OS/c14-10-4-3-9-2-1-5-16(12(9)6-10)13(17)11-7-18-8-15-11/h3-4,6-8H,1-2,5,14H2. The molecule has 3 rings (SSSR count). The number of hydrogen-bond acceptors (Lipinski definition) is 4. The summed E-state index contributed by atoms with van der Waals surface area (Å²) >= 11 is 1.43. The highest BCUT2D eigenvalue weighted by atomic mass is 32.1. The molecule has 18 heavy (non-hydrogen) atoms. The number of hydrogen-bond donors (Lipinski definition) is 1. The van der Waals surface area contributed by atoms with E-state index >= 15 is 0 Å². The quantitative estimate of drug-likeness (QED) is 0.799. The van der Waals surface area contributed by atoms with Crippen molar-refractivity contribution < 1.29 is 4.79 Å². The highest BCUT2D eigenvalue weighted by Gasteiger charge is 2.24. The van der Waals surface area contributed by atoms with Crippen LogP contribution in [0.15, 0.2) is 29.1 Å². The molecule has 2 N–H and O–H groups in total. The van der Waals surface area contributed by atoms with Crippen LogP contribution in [-0.4, -0.2) is 17.4 Å². The molecule has 0 bridgehead atoms. The molecule has 2 heterocycles. The maximum Gasteiger partial charge on any atom is 0.277 e. The summed E-state index contributed by atoms with van der Waals surface area (Å²) in [7, 11) is 0. The van der Waals surface area contributed by atoms with Gasteiger partial charge in [0.25, 0.3) is 5.91 Å². The van der Waals surface area contributed by atoms with Gasteiger partial charge in [-0.15, -0.1) is 11.3 Å². The Morgan fingerprint density at radius 3 is 3.11 bits per heavy atom. The number of fused-ring (bicyclic) bond motifs is 1. The van der Waals surface area contributed by atoms with Gasteiger partial charge in [0.1, 0.15) is 5.69 Å². The van der Waals surface area contributed by atoms with Gasteiger partial charge < -0.3 is 10.6 Å². The van der Waals surface area contributed by atoms with Crippen LogP contribution < -0.4 is 10.6 Å². The Hall–Kier alpha value is -1.88. The minimum absolute atomic E-state index is 0.0391. The number of aryl methyl sites for hydroxylation is 1.